The first-order valence-corrected chi connectivity index (χ1v) is 6.12. The van der Waals surface area contributed by atoms with Crippen LogP contribution in [0.1, 0.15) is 5.82 Å². The largest absolute Gasteiger partial charge is 0.480 e. The summed E-state index contributed by atoms with van der Waals surface area (Å²) >= 11 is 0. The van der Waals surface area contributed by atoms with Gasteiger partial charge in [0.1, 0.15) is 11.9 Å². The molecule has 3 N–H and O–H groups in total. The van der Waals surface area contributed by atoms with Crippen molar-refractivity contribution in [1.82, 2.24) is 14.3 Å². The van der Waals surface area contributed by atoms with E-state index in [1.807, 2.05) is 4.72 Å². The van der Waals surface area contributed by atoms with Crippen molar-refractivity contribution in [3.8, 4) is 0 Å². The Bertz CT molecular complexity index is 502. The van der Waals surface area contributed by atoms with Crippen LogP contribution in [0.2, 0.25) is 0 Å². The zero-order chi connectivity index (χ0) is 13.2. The molecule has 0 bridgehead atoms. The van der Waals surface area contributed by atoms with Crippen LogP contribution in [0.4, 0.5) is 0 Å². The number of imidazole rings is 1. The van der Waals surface area contributed by atoms with Crippen molar-refractivity contribution in [2.24, 2.45) is 7.05 Å². The van der Waals surface area contributed by atoms with Gasteiger partial charge in [-0.1, -0.05) is 0 Å². The molecule has 8 nitrogen and oxygen atoms in total. The molecular weight excluding hydrogens is 250 g/mol. The Morgan fingerprint density at radius 2 is 2.24 bits per heavy atom. The van der Waals surface area contributed by atoms with Gasteiger partial charge in [0.2, 0.25) is 0 Å². The van der Waals surface area contributed by atoms with Crippen LogP contribution in [-0.2, 0) is 21.9 Å². The number of sulfonamides is 1. The van der Waals surface area contributed by atoms with Gasteiger partial charge in [-0.2, -0.15) is 4.72 Å². The number of aliphatic carboxylic acids is 1. The first-order valence-electron chi connectivity index (χ1n) is 4.64. The lowest BCUT2D eigenvalue weighted by atomic mass is 10.3. The number of carboxylic acids is 1. The molecule has 0 saturated heterocycles. The third-order valence-corrected chi connectivity index (χ3v) is 3.48. The zero-order valence-corrected chi connectivity index (χ0v) is 10.1. The van der Waals surface area contributed by atoms with E-state index in [1.54, 1.807) is 14.0 Å². The number of carbonyl (C=O) groups is 1. The number of carboxylic acid groups (broad SMARTS) is 1. The minimum atomic E-state index is -4.04. The van der Waals surface area contributed by atoms with Crippen LogP contribution in [0, 0.1) is 6.92 Å². The van der Waals surface area contributed by atoms with Crippen molar-refractivity contribution < 1.29 is 23.4 Å². The summed E-state index contributed by atoms with van der Waals surface area (Å²) in [6, 6.07) is -1.58. The second kappa shape index (κ2) is 4.82. The monoisotopic (exact) mass is 263 g/mol. The Balaban J connectivity index is 3.00. The number of aliphatic hydroxyl groups is 1. The quantitative estimate of drug-likeness (QED) is 0.591. The molecule has 9 heteroatoms. The molecule has 1 rings (SSSR count). The molecule has 1 aromatic rings. The number of nitrogens with zero attached hydrogens (tertiary/aromatic N) is 2. The highest BCUT2D eigenvalue weighted by Gasteiger charge is 2.26. The van der Waals surface area contributed by atoms with Crippen molar-refractivity contribution in [3.63, 3.8) is 0 Å². The van der Waals surface area contributed by atoms with E-state index in [4.69, 9.17) is 10.2 Å². The predicted octanol–water partition coefficient (Wildman–Crippen LogP) is -1.55. The molecule has 0 aliphatic heterocycles. The number of aryl methyl sites for hydroxylation is 2. The van der Waals surface area contributed by atoms with E-state index in [9.17, 15) is 13.2 Å². The van der Waals surface area contributed by atoms with Gasteiger partial charge in [-0.3, -0.25) is 4.79 Å². The molecule has 1 heterocycles. The molecule has 0 saturated carbocycles. The number of hydrogen-bond donors (Lipinski definition) is 3. The molecule has 0 fully saturated rings. The molecule has 1 atom stereocenters. The van der Waals surface area contributed by atoms with E-state index in [-0.39, 0.29) is 5.03 Å². The van der Waals surface area contributed by atoms with Gasteiger partial charge in [-0.25, -0.2) is 13.4 Å². The van der Waals surface area contributed by atoms with E-state index in [2.05, 4.69) is 4.98 Å². The van der Waals surface area contributed by atoms with Gasteiger partial charge in [0.25, 0.3) is 10.0 Å². The summed E-state index contributed by atoms with van der Waals surface area (Å²) in [4.78, 5) is 14.4. The van der Waals surface area contributed by atoms with Crippen LogP contribution in [0.25, 0.3) is 0 Å². The SMILES string of the molecule is Cc1nc(S(=O)(=O)N[C@H](CO)C(=O)O)cn1C. The molecule has 0 unspecified atom stereocenters. The fourth-order valence-corrected chi connectivity index (χ4v) is 2.29. The summed E-state index contributed by atoms with van der Waals surface area (Å²) in [6.45, 7) is 0.778. The van der Waals surface area contributed by atoms with Crippen LogP contribution in [0.15, 0.2) is 11.2 Å². The first kappa shape index (κ1) is 13.6. The Morgan fingerprint density at radius 3 is 2.59 bits per heavy atom. The molecule has 0 aliphatic rings. The molecule has 96 valence electrons. The second-order valence-corrected chi connectivity index (χ2v) is 5.09. The molecule has 0 aromatic carbocycles. The van der Waals surface area contributed by atoms with Crippen LogP contribution < -0.4 is 4.72 Å². The van der Waals surface area contributed by atoms with E-state index >= 15 is 0 Å². The Morgan fingerprint density at radius 1 is 1.65 bits per heavy atom. The van der Waals surface area contributed by atoms with Crippen LogP contribution >= 0.6 is 0 Å². The maximum absolute atomic E-state index is 11.7. The molecule has 0 radical (unpaired) electrons. The lowest BCUT2D eigenvalue weighted by Crippen LogP contribution is -2.43. The normalized spacial score (nSPS) is 13.6. The van der Waals surface area contributed by atoms with E-state index < -0.39 is 28.6 Å². The summed E-state index contributed by atoms with van der Waals surface area (Å²) in [5, 5.41) is 17.1. The Kier molecular flexibility index (Phi) is 3.86. The topological polar surface area (TPSA) is 122 Å². The molecule has 0 spiro atoms. The van der Waals surface area contributed by atoms with Crippen LogP contribution in [0.5, 0.6) is 0 Å². The first-order chi connectivity index (χ1) is 7.77. The zero-order valence-electron chi connectivity index (χ0n) is 9.28. The predicted molar refractivity (Wildman–Crippen MR) is 56.8 cm³/mol. The molecule has 17 heavy (non-hydrogen) atoms. The maximum Gasteiger partial charge on any atom is 0.324 e. The highest BCUT2D eigenvalue weighted by molar-refractivity contribution is 7.89. The molecule has 0 aliphatic carbocycles. The minimum absolute atomic E-state index is 0.280. The van der Waals surface area contributed by atoms with Gasteiger partial charge in [0.05, 0.1) is 6.61 Å². The highest BCUT2D eigenvalue weighted by atomic mass is 32.2. The van der Waals surface area contributed by atoms with Crippen molar-refractivity contribution in [2.75, 3.05) is 6.61 Å². The van der Waals surface area contributed by atoms with E-state index in [0.29, 0.717) is 5.82 Å². The Hall–Kier alpha value is -1.45. The number of aromatic nitrogens is 2. The molecular formula is C8H13N3O5S. The van der Waals surface area contributed by atoms with Crippen molar-refractivity contribution in [1.29, 1.82) is 0 Å². The lowest BCUT2D eigenvalue weighted by Gasteiger charge is -2.10. The van der Waals surface area contributed by atoms with Crippen molar-refractivity contribution in [2.45, 2.75) is 18.0 Å². The van der Waals surface area contributed by atoms with Crippen LogP contribution in [0.3, 0.4) is 0 Å². The van der Waals surface area contributed by atoms with Crippen molar-refractivity contribution >= 4 is 16.0 Å². The van der Waals surface area contributed by atoms with Crippen LogP contribution in [-0.4, -0.2) is 46.8 Å². The Labute approximate surface area is 98.0 Å². The lowest BCUT2D eigenvalue weighted by molar-refractivity contribution is -0.139. The smallest absolute Gasteiger partial charge is 0.324 e. The van der Waals surface area contributed by atoms with Gasteiger partial charge >= 0.3 is 5.97 Å². The van der Waals surface area contributed by atoms with Gasteiger partial charge in [0.15, 0.2) is 5.03 Å². The van der Waals surface area contributed by atoms with Gasteiger partial charge in [-0.05, 0) is 6.92 Å². The van der Waals surface area contributed by atoms with Gasteiger partial charge in [-0.15, -0.1) is 0 Å². The average molecular weight is 263 g/mol. The third-order valence-electron chi connectivity index (χ3n) is 2.14. The van der Waals surface area contributed by atoms with Gasteiger partial charge in [0, 0.05) is 13.2 Å². The fraction of sp³-hybridized carbons (Fsp3) is 0.500. The standard InChI is InChI=1S/C8H13N3O5S/c1-5-9-7(3-11(5)2)17(15,16)10-6(4-12)8(13)14/h3,6,10,12H,4H2,1-2H3,(H,13,14)/t6-/m1/s1. The number of aliphatic hydroxyl groups excluding tert-OH is 1. The summed E-state index contributed by atoms with van der Waals surface area (Å²) in [7, 11) is -2.43. The fourth-order valence-electron chi connectivity index (χ4n) is 1.07. The van der Waals surface area contributed by atoms with Crippen molar-refractivity contribution in [3.05, 3.63) is 12.0 Å². The molecule has 0 amide bonds. The number of rotatable bonds is 5. The molecule has 1 aromatic heterocycles. The third kappa shape index (κ3) is 3.02. The summed E-state index contributed by atoms with van der Waals surface area (Å²) in [6.07, 6.45) is 1.26. The summed E-state index contributed by atoms with van der Waals surface area (Å²) < 4.78 is 26.8. The van der Waals surface area contributed by atoms with E-state index in [1.165, 1.54) is 10.8 Å². The summed E-state index contributed by atoms with van der Waals surface area (Å²) in [5.74, 6) is -0.982. The minimum Gasteiger partial charge on any atom is -0.480 e. The second-order valence-electron chi connectivity index (χ2n) is 3.43. The average Bonchev–Trinajstić information content (AvgIpc) is 2.56. The number of nitrogens with one attached hydrogen (secondary N) is 1. The van der Waals surface area contributed by atoms with E-state index in [0.717, 1.165) is 0 Å². The maximum atomic E-state index is 11.7. The highest BCUT2D eigenvalue weighted by Crippen LogP contribution is 2.08. The van der Waals surface area contributed by atoms with Gasteiger partial charge < -0.3 is 14.8 Å². The summed E-state index contributed by atoms with van der Waals surface area (Å²) in [5.41, 5.74) is 0. The number of hydrogen-bond acceptors (Lipinski definition) is 5.